The molecule has 9 nitrogen and oxygen atoms in total. The van der Waals surface area contributed by atoms with E-state index in [0.29, 0.717) is 12.1 Å². The lowest BCUT2D eigenvalue weighted by Crippen LogP contribution is -2.23. The summed E-state index contributed by atoms with van der Waals surface area (Å²) in [5.41, 5.74) is 12.1. The van der Waals surface area contributed by atoms with Crippen molar-refractivity contribution < 1.29 is 9.59 Å². The number of benzene rings is 2. The molecule has 3 N–H and O–H groups in total. The number of allylic oxidation sites excluding steroid dienone is 1. The van der Waals surface area contributed by atoms with Gasteiger partial charge in [-0.1, -0.05) is 41.9 Å². The molecule has 3 aromatic rings. The molecule has 1 aliphatic rings. The highest BCUT2D eigenvalue weighted by atomic mass is 35.5. The van der Waals surface area contributed by atoms with Crippen LogP contribution in [-0.2, 0) is 17.6 Å². The van der Waals surface area contributed by atoms with Crippen molar-refractivity contribution in [3.05, 3.63) is 98.7 Å². The molecule has 200 valence electrons. The smallest absolute Gasteiger partial charge is 0.261 e. The van der Waals surface area contributed by atoms with Crippen molar-refractivity contribution in [1.82, 2.24) is 4.98 Å². The molecule has 0 aliphatic heterocycles. The van der Waals surface area contributed by atoms with Crippen LogP contribution >= 0.6 is 11.6 Å². The second-order valence-corrected chi connectivity index (χ2v) is 9.41. The second-order valence-electron chi connectivity index (χ2n) is 9.05. The largest absolute Gasteiger partial charge is 0.365 e. The van der Waals surface area contributed by atoms with Crippen LogP contribution in [0.3, 0.4) is 0 Å². The van der Waals surface area contributed by atoms with E-state index >= 15 is 0 Å². The Labute approximate surface area is 231 Å². The highest BCUT2D eigenvalue weighted by molar-refractivity contribution is 6.33. The Bertz CT molecular complexity index is 1440. The number of amides is 2. The fourth-order valence-electron chi connectivity index (χ4n) is 4.57. The fraction of sp³-hybridized carbons (Fsp3) is 0.241. The average molecular weight is 545 g/mol. The summed E-state index contributed by atoms with van der Waals surface area (Å²) in [4.78, 5) is 39.0. The standard InChI is InChI=1S/C29H29ClN6O3/c1-2-20-9-10-21-11-12-22(35-29(38)24-6-4-15-32-28(24)30)17-25(21)27(20)36(33-18-26(31)37)23-13-7-19(8-14-23)5-3-16-34-39/h4,6-8,11-15,17-18H,2-3,5,9-10,16H2,1H3,(H2,31,37)(H,35,38)/b33-18+. The van der Waals surface area contributed by atoms with E-state index in [9.17, 15) is 14.5 Å². The molecule has 39 heavy (non-hydrogen) atoms. The number of pyridine rings is 1. The summed E-state index contributed by atoms with van der Waals surface area (Å²) >= 11 is 6.12. The normalized spacial score (nSPS) is 12.8. The maximum atomic E-state index is 12.9. The first-order chi connectivity index (χ1) is 18.9. The number of halogens is 1. The summed E-state index contributed by atoms with van der Waals surface area (Å²) in [6.45, 7) is 2.35. The number of nitrogens with two attached hydrogens (primary N) is 1. The van der Waals surface area contributed by atoms with E-state index in [0.717, 1.165) is 65.5 Å². The Hall–Kier alpha value is -4.37. The van der Waals surface area contributed by atoms with Crippen LogP contribution in [-0.4, -0.2) is 29.6 Å². The van der Waals surface area contributed by atoms with Crippen LogP contribution in [0.25, 0.3) is 5.70 Å². The van der Waals surface area contributed by atoms with Gasteiger partial charge in [0, 0.05) is 17.4 Å². The van der Waals surface area contributed by atoms with Crippen molar-refractivity contribution in [2.24, 2.45) is 16.0 Å². The van der Waals surface area contributed by atoms with E-state index in [1.54, 1.807) is 17.1 Å². The predicted molar refractivity (Wildman–Crippen MR) is 155 cm³/mol. The van der Waals surface area contributed by atoms with Gasteiger partial charge in [0.2, 0.25) is 0 Å². The van der Waals surface area contributed by atoms with Gasteiger partial charge in [-0.2, -0.15) is 10.0 Å². The number of carbonyl (C=O) groups is 2. The number of aromatic nitrogens is 1. The summed E-state index contributed by atoms with van der Waals surface area (Å²) in [6.07, 6.45) is 6.45. The lowest BCUT2D eigenvalue weighted by Gasteiger charge is -2.31. The molecule has 2 amide bonds. The Balaban J connectivity index is 1.73. The summed E-state index contributed by atoms with van der Waals surface area (Å²) < 4.78 is 0. The highest BCUT2D eigenvalue weighted by Crippen LogP contribution is 2.39. The number of fused-ring (bicyclic) bond motifs is 1. The van der Waals surface area contributed by atoms with Gasteiger partial charge >= 0.3 is 0 Å². The first-order valence-corrected chi connectivity index (χ1v) is 13.1. The van der Waals surface area contributed by atoms with Gasteiger partial charge in [0.1, 0.15) is 11.4 Å². The Kier molecular flexibility index (Phi) is 9.17. The zero-order valence-corrected chi connectivity index (χ0v) is 22.3. The van der Waals surface area contributed by atoms with Crippen LogP contribution in [0.4, 0.5) is 11.4 Å². The Morgan fingerprint density at radius 3 is 2.64 bits per heavy atom. The Morgan fingerprint density at radius 1 is 1.15 bits per heavy atom. The van der Waals surface area contributed by atoms with E-state index < -0.39 is 5.91 Å². The van der Waals surface area contributed by atoms with Gasteiger partial charge in [-0.15, -0.1) is 0 Å². The van der Waals surface area contributed by atoms with E-state index in [1.165, 1.54) is 6.20 Å². The van der Waals surface area contributed by atoms with Crippen molar-refractivity contribution in [2.45, 2.75) is 39.0 Å². The fourth-order valence-corrected chi connectivity index (χ4v) is 4.77. The third-order valence-corrected chi connectivity index (χ3v) is 6.79. The zero-order valence-electron chi connectivity index (χ0n) is 21.6. The van der Waals surface area contributed by atoms with Gasteiger partial charge in [-0.05, 0) is 85.2 Å². The molecule has 0 saturated heterocycles. The molecule has 0 fully saturated rings. The van der Waals surface area contributed by atoms with Crippen LogP contribution < -0.4 is 16.1 Å². The maximum absolute atomic E-state index is 12.9. The Morgan fingerprint density at radius 2 is 1.95 bits per heavy atom. The summed E-state index contributed by atoms with van der Waals surface area (Å²) in [5, 5.41) is 12.2. The molecule has 0 radical (unpaired) electrons. The van der Waals surface area contributed by atoms with E-state index in [4.69, 9.17) is 17.3 Å². The van der Waals surface area contributed by atoms with Crippen LogP contribution in [0, 0.1) is 4.91 Å². The molecule has 0 unspecified atom stereocenters. The third-order valence-electron chi connectivity index (χ3n) is 6.49. The number of primary amides is 1. The number of aryl methyl sites for hydroxylation is 2. The van der Waals surface area contributed by atoms with Crippen molar-refractivity contribution in [2.75, 3.05) is 16.9 Å². The molecular weight excluding hydrogens is 516 g/mol. The number of carbonyl (C=O) groups excluding carboxylic acids is 2. The lowest BCUT2D eigenvalue weighted by molar-refractivity contribution is -0.111. The van der Waals surface area contributed by atoms with Gasteiger partial charge in [-0.3, -0.25) is 9.59 Å². The molecule has 1 heterocycles. The van der Waals surface area contributed by atoms with E-state index in [1.807, 2.05) is 42.5 Å². The van der Waals surface area contributed by atoms with Crippen LogP contribution in [0.15, 0.2) is 76.6 Å². The van der Waals surface area contributed by atoms with Crippen molar-refractivity contribution >= 4 is 46.7 Å². The van der Waals surface area contributed by atoms with Gasteiger partial charge in [0.15, 0.2) is 0 Å². The molecular formula is C29H29ClN6O3. The molecule has 1 aliphatic carbocycles. The van der Waals surface area contributed by atoms with Crippen molar-refractivity contribution in [1.29, 1.82) is 0 Å². The topological polar surface area (TPSA) is 130 Å². The number of nitrogens with zero attached hydrogens (tertiary/aromatic N) is 4. The molecule has 0 atom stereocenters. The molecule has 0 spiro atoms. The van der Waals surface area contributed by atoms with Gasteiger partial charge in [-0.25, -0.2) is 9.99 Å². The third kappa shape index (κ3) is 6.74. The molecule has 2 aromatic carbocycles. The predicted octanol–water partition coefficient (Wildman–Crippen LogP) is 5.73. The van der Waals surface area contributed by atoms with Crippen LogP contribution in [0.5, 0.6) is 0 Å². The minimum Gasteiger partial charge on any atom is -0.365 e. The van der Waals surface area contributed by atoms with Gasteiger partial charge in [0.05, 0.1) is 23.5 Å². The minimum atomic E-state index is -0.665. The summed E-state index contributed by atoms with van der Waals surface area (Å²) in [6, 6.07) is 16.8. The number of rotatable bonds is 11. The lowest BCUT2D eigenvalue weighted by atomic mass is 9.87. The van der Waals surface area contributed by atoms with Gasteiger partial charge < -0.3 is 11.1 Å². The molecule has 0 bridgehead atoms. The number of hydrogen-bond acceptors (Lipinski definition) is 7. The van der Waals surface area contributed by atoms with Crippen molar-refractivity contribution in [3.8, 4) is 0 Å². The number of anilines is 2. The van der Waals surface area contributed by atoms with E-state index in [-0.39, 0.29) is 23.2 Å². The first kappa shape index (κ1) is 27.7. The quantitative estimate of drug-likeness (QED) is 0.105. The van der Waals surface area contributed by atoms with Gasteiger partial charge in [0.25, 0.3) is 11.8 Å². The van der Waals surface area contributed by atoms with Crippen molar-refractivity contribution in [3.63, 3.8) is 0 Å². The first-order valence-electron chi connectivity index (χ1n) is 12.7. The summed E-state index contributed by atoms with van der Waals surface area (Å²) in [5.74, 6) is -1.03. The molecule has 10 heteroatoms. The monoisotopic (exact) mass is 544 g/mol. The summed E-state index contributed by atoms with van der Waals surface area (Å²) in [7, 11) is 0. The number of hydrazone groups is 1. The minimum absolute atomic E-state index is 0.125. The van der Waals surface area contributed by atoms with E-state index in [2.05, 4.69) is 27.5 Å². The highest BCUT2D eigenvalue weighted by Gasteiger charge is 2.25. The SMILES string of the molecule is CCC1=C(N(/N=C/C(N)=O)c2ccc(CCCN=O)cc2)c2cc(NC(=O)c3cccnc3Cl)ccc2CC1. The van der Waals surface area contributed by atoms with Crippen LogP contribution in [0.2, 0.25) is 5.15 Å². The zero-order chi connectivity index (χ0) is 27.8. The number of nitroso groups, excluding NO2 is 1. The molecule has 0 saturated carbocycles. The van der Waals surface area contributed by atoms with Crippen LogP contribution in [0.1, 0.15) is 53.2 Å². The maximum Gasteiger partial charge on any atom is 0.261 e. The molecule has 1 aromatic heterocycles. The molecule has 4 rings (SSSR count). The second kappa shape index (κ2) is 12.9. The number of hydrogen-bond donors (Lipinski definition) is 2. The number of nitrogens with one attached hydrogen (secondary N) is 1. The average Bonchev–Trinajstić information content (AvgIpc) is 2.94.